The molecular formula is C14H11NO2S. The van der Waals surface area contributed by atoms with Crippen LogP contribution in [0.25, 0.3) is 0 Å². The van der Waals surface area contributed by atoms with E-state index < -0.39 is 5.97 Å². The van der Waals surface area contributed by atoms with E-state index in [-0.39, 0.29) is 6.42 Å². The zero-order valence-electron chi connectivity index (χ0n) is 9.51. The Morgan fingerprint density at radius 2 is 1.89 bits per heavy atom. The SMILES string of the molecule is O=C(O)Cc1cccc2c1Nc1ccccc1S2. The Hall–Kier alpha value is -1.94. The Bertz CT molecular complexity index is 625. The second-order valence-corrected chi connectivity index (χ2v) is 5.17. The topological polar surface area (TPSA) is 49.3 Å². The molecule has 4 heteroatoms. The maximum Gasteiger partial charge on any atom is 0.307 e. The number of aliphatic carboxylic acids is 1. The van der Waals surface area contributed by atoms with Crippen molar-refractivity contribution in [2.45, 2.75) is 16.2 Å². The molecule has 90 valence electrons. The fraction of sp³-hybridized carbons (Fsp3) is 0.0714. The minimum absolute atomic E-state index is 0.0406. The van der Waals surface area contributed by atoms with Crippen LogP contribution in [-0.4, -0.2) is 11.1 Å². The quantitative estimate of drug-likeness (QED) is 0.737. The van der Waals surface area contributed by atoms with Crippen molar-refractivity contribution in [3.05, 3.63) is 48.0 Å². The maximum absolute atomic E-state index is 10.9. The molecule has 2 aromatic rings. The molecular weight excluding hydrogens is 246 g/mol. The lowest BCUT2D eigenvalue weighted by molar-refractivity contribution is -0.136. The number of para-hydroxylation sites is 2. The number of anilines is 2. The van der Waals surface area contributed by atoms with E-state index in [0.29, 0.717) is 0 Å². The van der Waals surface area contributed by atoms with Crippen molar-refractivity contribution in [2.75, 3.05) is 5.32 Å². The molecule has 0 atom stereocenters. The Labute approximate surface area is 109 Å². The first-order chi connectivity index (χ1) is 8.74. The molecule has 1 heterocycles. The van der Waals surface area contributed by atoms with Crippen molar-refractivity contribution >= 4 is 29.1 Å². The average molecular weight is 257 g/mol. The summed E-state index contributed by atoms with van der Waals surface area (Å²) in [6.07, 6.45) is 0.0406. The van der Waals surface area contributed by atoms with Crippen molar-refractivity contribution in [3.8, 4) is 0 Å². The third kappa shape index (κ3) is 1.95. The van der Waals surface area contributed by atoms with E-state index in [9.17, 15) is 4.79 Å². The van der Waals surface area contributed by atoms with Gasteiger partial charge in [0.05, 0.1) is 17.8 Å². The van der Waals surface area contributed by atoms with E-state index >= 15 is 0 Å². The van der Waals surface area contributed by atoms with Crippen LogP contribution in [0, 0.1) is 0 Å². The molecule has 0 aromatic heterocycles. The molecule has 0 radical (unpaired) electrons. The monoisotopic (exact) mass is 257 g/mol. The average Bonchev–Trinajstić information content (AvgIpc) is 2.36. The van der Waals surface area contributed by atoms with Crippen molar-refractivity contribution in [1.82, 2.24) is 0 Å². The Balaban J connectivity index is 2.04. The van der Waals surface area contributed by atoms with Crippen LogP contribution < -0.4 is 5.32 Å². The molecule has 1 aliphatic rings. The number of fused-ring (bicyclic) bond motifs is 2. The summed E-state index contributed by atoms with van der Waals surface area (Å²) in [7, 11) is 0. The lowest BCUT2D eigenvalue weighted by Gasteiger charge is -2.22. The predicted octanol–water partition coefficient (Wildman–Crippen LogP) is 3.52. The molecule has 0 aliphatic carbocycles. The molecule has 3 nitrogen and oxygen atoms in total. The zero-order valence-corrected chi connectivity index (χ0v) is 10.3. The van der Waals surface area contributed by atoms with E-state index in [1.165, 1.54) is 0 Å². The molecule has 0 saturated heterocycles. The Morgan fingerprint density at radius 1 is 1.11 bits per heavy atom. The Kier molecular flexibility index (Phi) is 2.72. The van der Waals surface area contributed by atoms with Crippen LogP contribution >= 0.6 is 11.8 Å². The van der Waals surface area contributed by atoms with Gasteiger partial charge in [0.1, 0.15) is 0 Å². The van der Waals surface area contributed by atoms with Gasteiger partial charge in [0.15, 0.2) is 0 Å². The van der Waals surface area contributed by atoms with Gasteiger partial charge >= 0.3 is 5.97 Å². The fourth-order valence-electron chi connectivity index (χ4n) is 2.03. The first-order valence-corrected chi connectivity index (χ1v) is 6.43. The number of carboxylic acids is 1. The van der Waals surface area contributed by atoms with E-state index in [4.69, 9.17) is 5.11 Å². The van der Waals surface area contributed by atoms with Gasteiger partial charge in [-0.15, -0.1) is 0 Å². The van der Waals surface area contributed by atoms with Gasteiger partial charge in [-0.3, -0.25) is 4.79 Å². The molecule has 2 aromatic carbocycles. The van der Waals surface area contributed by atoms with E-state index in [1.807, 2.05) is 36.4 Å². The summed E-state index contributed by atoms with van der Waals surface area (Å²) in [5.41, 5.74) is 2.78. The molecule has 1 aliphatic heterocycles. The highest BCUT2D eigenvalue weighted by Gasteiger charge is 2.18. The summed E-state index contributed by atoms with van der Waals surface area (Å²) in [5.74, 6) is -0.811. The summed E-state index contributed by atoms with van der Waals surface area (Å²) < 4.78 is 0. The van der Waals surface area contributed by atoms with Gasteiger partial charge in [-0.2, -0.15) is 0 Å². The maximum atomic E-state index is 10.9. The molecule has 0 bridgehead atoms. The number of benzene rings is 2. The standard InChI is InChI=1S/C14H11NO2S/c16-13(17)8-9-4-3-7-12-14(9)15-10-5-1-2-6-11(10)18-12/h1-7,15H,8H2,(H,16,17). The highest BCUT2D eigenvalue weighted by Crippen LogP contribution is 2.45. The van der Waals surface area contributed by atoms with Gasteiger partial charge in [-0.05, 0) is 23.8 Å². The predicted molar refractivity (Wildman–Crippen MR) is 71.6 cm³/mol. The van der Waals surface area contributed by atoms with Gasteiger partial charge in [0, 0.05) is 9.79 Å². The molecule has 0 unspecified atom stereocenters. The molecule has 3 rings (SSSR count). The fourth-order valence-corrected chi connectivity index (χ4v) is 3.07. The minimum atomic E-state index is -0.811. The normalized spacial score (nSPS) is 12.2. The summed E-state index contributed by atoms with van der Waals surface area (Å²) in [6, 6.07) is 13.8. The molecule has 0 fully saturated rings. The molecule has 18 heavy (non-hydrogen) atoms. The van der Waals surface area contributed by atoms with Crippen LogP contribution in [0.2, 0.25) is 0 Å². The highest BCUT2D eigenvalue weighted by atomic mass is 32.2. The number of nitrogens with one attached hydrogen (secondary N) is 1. The van der Waals surface area contributed by atoms with Crippen LogP contribution in [0.15, 0.2) is 52.3 Å². The second kappa shape index (κ2) is 4.38. The highest BCUT2D eigenvalue weighted by molar-refractivity contribution is 7.99. The van der Waals surface area contributed by atoms with E-state index in [2.05, 4.69) is 11.4 Å². The number of hydrogen-bond donors (Lipinski definition) is 2. The summed E-state index contributed by atoms with van der Waals surface area (Å²) in [5, 5.41) is 12.3. The van der Waals surface area contributed by atoms with Crippen LogP contribution in [0.3, 0.4) is 0 Å². The van der Waals surface area contributed by atoms with Gasteiger partial charge < -0.3 is 10.4 Å². The van der Waals surface area contributed by atoms with Gasteiger partial charge in [0.25, 0.3) is 0 Å². The van der Waals surface area contributed by atoms with Crippen LogP contribution in [0.4, 0.5) is 11.4 Å². The Morgan fingerprint density at radius 3 is 2.72 bits per heavy atom. The van der Waals surface area contributed by atoms with Crippen LogP contribution in [0.1, 0.15) is 5.56 Å². The van der Waals surface area contributed by atoms with Gasteiger partial charge in [-0.25, -0.2) is 0 Å². The summed E-state index contributed by atoms with van der Waals surface area (Å²) in [6.45, 7) is 0. The summed E-state index contributed by atoms with van der Waals surface area (Å²) >= 11 is 1.67. The van der Waals surface area contributed by atoms with Crippen molar-refractivity contribution in [2.24, 2.45) is 0 Å². The zero-order chi connectivity index (χ0) is 12.5. The van der Waals surface area contributed by atoms with Gasteiger partial charge in [-0.1, -0.05) is 36.0 Å². The van der Waals surface area contributed by atoms with Crippen LogP contribution in [0.5, 0.6) is 0 Å². The molecule has 0 spiro atoms. The third-order valence-corrected chi connectivity index (χ3v) is 3.96. The van der Waals surface area contributed by atoms with Crippen molar-refractivity contribution in [3.63, 3.8) is 0 Å². The third-order valence-electron chi connectivity index (χ3n) is 2.82. The number of carbonyl (C=O) groups is 1. The lowest BCUT2D eigenvalue weighted by Crippen LogP contribution is -2.07. The van der Waals surface area contributed by atoms with E-state index in [0.717, 1.165) is 26.7 Å². The smallest absolute Gasteiger partial charge is 0.307 e. The molecule has 2 N–H and O–H groups in total. The van der Waals surface area contributed by atoms with Gasteiger partial charge in [0.2, 0.25) is 0 Å². The number of hydrogen-bond acceptors (Lipinski definition) is 3. The second-order valence-electron chi connectivity index (χ2n) is 4.08. The molecule has 0 saturated carbocycles. The number of rotatable bonds is 2. The van der Waals surface area contributed by atoms with Crippen molar-refractivity contribution < 1.29 is 9.90 Å². The number of carboxylic acid groups (broad SMARTS) is 1. The lowest BCUT2D eigenvalue weighted by atomic mass is 10.1. The largest absolute Gasteiger partial charge is 0.481 e. The first-order valence-electron chi connectivity index (χ1n) is 5.61. The molecule has 0 amide bonds. The van der Waals surface area contributed by atoms with Crippen molar-refractivity contribution in [1.29, 1.82) is 0 Å². The minimum Gasteiger partial charge on any atom is -0.481 e. The first kappa shape index (κ1) is 11.2. The summed E-state index contributed by atoms with van der Waals surface area (Å²) in [4.78, 5) is 13.1. The van der Waals surface area contributed by atoms with Crippen LogP contribution in [-0.2, 0) is 11.2 Å². The van der Waals surface area contributed by atoms with E-state index in [1.54, 1.807) is 11.8 Å².